The Balaban J connectivity index is 2.81. The zero-order valence-electron chi connectivity index (χ0n) is 13.2. The topological polar surface area (TPSA) is 15.3 Å². The molecule has 1 rings (SSSR count). The Hall–Kier alpha value is -0.860. The van der Waals surface area contributed by atoms with E-state index in [0.29, 0.717) is 12.0 Å². The maximum absolute atomic E-state index is 3.66. The summed E-state index contributed by atoms with van der Waals surface area (Å²) < 4.78 is 0. The van der Waals surface area contributed by atoms with Crippen molar-refractivity contribution in [3.8, 4) is 0 Å². The van der Waals surface area contributed by atoms with Crippen LogP contribution in [0.3, 0.4) is 0 Å². The Labute approximate surface area is 119 Å². The van der Waals surface area contributed by atoms with E-state index in [0.717, 1.165) is 19.5 Å². The number of hydrogen-bond donors (Lipinski definition) is 1. The lowest BCUT2D eigenvalue weighted by atomic mass is 9.98. The number of hydrogen-bond acceptors (Lipinski definition) is 2. The first-order valence-corrected chi connectivity index (χ1v) is 7.49. The number of nitrogens with zero attached hydrogens (tertiary/aromatic N) is 1. The molecule has 2 nitrogen and oxygen atoms in total. The summed E-state index contributed by atoms with van der Waals surface area (Å²) in [5, 5.41) is 3.66. The minimum absolute atomic E-state index is 0.432. The lowest BCUT2D eigenvalue weighted by Crippen LogP contribution is -2.31. The van der Waals surface area contributed by atoms with Crippen molar-refractivity contribution in [2.24, 2.45) is 5.92 Å². The molecule has 0 saturated heterocycles. The van der Waals surface area contributed by atoms with E-state index in [1.165, 1.54) is 17.5 Å². The molecule has 0 radical (unpaired) electrons. The molecule has 1 aromatic carbocycles. The van der Waals surface area contributed by atoms with Crippen molar-refractivity contribution >= 4 is 0 Å². The molecule has 0 amide bonds. The van der Waals surface area contributed by atoms with Gasteiger partial charge in [-0.05, 0) is 50.5 Å². The number of likely N-dealkylation sites (N-methyl/N-ethyl adjacent to an activating group) is 1. The van der Waals surface area contributed by atoms with E-state index in [9.17, 15) is 0 Å². The summed E-state index contributed by atoms with van der Waals surface area (Å²) in [6.07, 6.45) is 2.34. The molecule has 0 bridgehead atoms. The fourth-order valence-corrected chi connectivity index (χ4v) is 2.38. The quantitative estimate of drug-likeness (QED) is 0.771. The van der Waals surface area contributed by atoms with Crippen LogP contribution in [-0.2, 0) is 6.42 Å². The first-order valence-electron chi connectivity index (χ1n) is 7.49. The maximum atomic E-state index is 3.66. The van der Waals surface area contributed by atoms with Crippen LogP contribution in [0.15, 0.2) is 24.3 Å². The molecule has 0 heterocycles. The molecule has 2 heteroatoms. The molecule has 1 aromatic rings. The molecule has 0 spiro atoms. The Morgan fingerprint density at radius 3 is 2.53 bits per heavy atom. The van der Waals surface area contributed by atoms with Gasteiger partial charge in [-0.25, -0.2) is 0 Å². The first-order chi connectivity index (χ1) is 9.02. The Bertz CT molecular complexity index is 358. The lowest BCUT2D eigenvalue weighted by Gasteiger charge is -2.23. The zero-order chi connectivity index (χ0) is 14.3. The van der Waals surface area contributed by atoms with Crippen LogP contribution in [0.5, 0.6) is 0 Å². The highest BCUT2D eigenvalue weighted by Crippen LogP contribution is 2.17. The van der Waals surface area contributed by atoms with Crippen molar-refractivity contribution in [2.45, 2.75) is 39.7 Å². The minimum Gasteiger partial charge on any atom is -0.309 e. The van der Waals surface area contributed by atoms with Gasteiger partial charge in [-0.3, -0.25) is 0 Å². The number of rotatable bonds is 8. The van der Waals surface area contributed by atoms with E-state index in [2.05, 4.69) is 69.3 Å². The highest BCUT2D eigenvalue weighted by atomic mass is 15.1. The molecule has 0 aromatic heterocycles. The third-order valence-corrected chi connectivity index (χ3v) is 3.19. The summed E-state index contributed by atoms with van der Waals surface area (Å²) >= 11 is 0. The molecule has 0 aliphatic heterocycles. The first kappa shape index (κ1) is 16.2. The van der Waals surface area contributed by atoms with E-state index in [1.807, 2.05) is 0 Å². The van der Waals surface area contributed by atoms with Crippen LogP contribution >= 0.6 is 0 Å². The molecule has 1 atom stereocenters. The van der Waals surface area contributed by atoms with Crippen LogP contribution in [0.4, 0.5) is 0 Å². The Morgan fingerprint density at radius 2 is 1.95 bits per heavy atom. The SMILES string of the molecule is CCCNC(CN(C)C)c1cccc(CC(C)C)c1. The number of benzene rings is 1. The van der Waals surface area contributed by atoms with E-state index in [1.54, 1.807) is 0 Å². The summed E-state index contributed by atoms with van der Waals surface area (Å²) in [6.45, 7) is 8.89. The van der Waals surface area contributed by atoms with Gasteiger partial charge in [0.1, 0.15) is 0 Å². The summed E-state index contributed by atoms with van der Waals surface area (Å²) in [5.74, 6) is 0.714. The van der Waals surface area contributed by atoms with Crippen LogP contribution < -0.4 is 5.32 Å². The van der Waals surface area contributed by atoms with E-state index in [4.69, 9.17) is 0 Å². The van der Waals surface area contributed by atoms with Gasteiger partial charge < -0.3 is 10.2 Å². The molecule has 0 fully saturated rings. The van der Waals surface area contributed by atoms with Gasteiger partial charge in [0.15, 0.2) is 0 Å². The fraction of sp³-hybridized carbons (Fsp3) is 0.647. The smallest absolute Gasteiger partial charge is 0.0449 e. The van der Waals surface area contributed by atoms with Gasteiger partial charge in [0.25, 0.3) is 0 Å². The molecule has 1 N–H and O–H groups in total. The summed E-state index contributed by atoms with van der Waals surface area (Å²) in [4.78, 5) is 2.25. The molecular weight excluding hydrogens is 232 g/mol. The van der Waals surface area contributed by atoms with Gasteiger partial charge >= 0.3 is 0 Å². The summed E-state index contributed by atoms with van der Waals surface area (Å²) in [6, 6.07) is 9.50. The second kappa shape index (κ2) is 8.34. The standard InChI is InChI=1S/C17H30N2/c1-6-10-18-17(13-19(4)5)16-9-7-8-15(12-16)11-14(2)3/h7-9,12,14,17-18H,6,10-11,13H2,1-5H3. The van der Waals surface area contributed by atoms with Crippen LogP contribution in [0.2, 0.25) is 0 Å². The van der Waals surface area contributed by atoms with E-state index < -0.39 is 0 Å². The summed E-state index contributed by atoms with van der Waals surface area (Å²) in [7, 11) is 4.27. The Morgan fingerprint density at radius 1 is 1.21 bits per heavy atom. The third kappa shape index (κ3) is 6.22. The van der Waals surface area contributed by atoms with Gasteiger partial charge in [-0.15, -0.1) is 0 Å². The van der Waals surface area contributed by atoms with Crippen molar-refractivity contribution in [1.82, 2.24) is 10.2 Å². The molecule has 108 valence electrons. The van der Waals surface area contributed by atoms with Crippen LogP contribution in [0.25, 0.3) is 0 Å². The molecule has 1 unspecified atom stereocenters. The van der Waals surface area contributed by atoms with Gasteiger partial charge in [-0.2, -0.15) is 0 Å². The Kier molecular flexibility index (Phi) is 7.11. The van der Waals surface area contributed by atoms with Crippen molar-refractivity contribution in [1.29, 1.82) is 0 Å². The normalized spacial score (nSPS) is 13.2. The average molecular weight is 262 g/mol. The van der Waals surface area contributed by atoms with Crippen molar-refractivity contribution in [2.75, 3.05) is 27.2 Å². The predicted molar refractivity (Wildman–Crippen MR) is 84.6 cm³/mol. The van der Waals surface area contributed by atoms with Crippen LogP contribution in [-0.4, -0.2) is 32.1 Å². The molecule has 0 saturated carbocycles. The highest BCUT2D eigenvalue weighted by Gasteiger charge is 2.12. The molecule has 0 aliphatic carbocycles. The molecule has 19 heavy (non-hydrogen) atoms. The second-order valence-corrected chi connectivity index (χ2v) is 6.11. The van der Waals surface area contributed by atoms with E-state index in [-0.39, 0.29) is 0 Å². The fourth-order valence-electron chi connectivity index (χ4n) is 2.38. The molecular formula is C17H30N2. The van der Waals surface area contributed by atoms with Crippen molar-refractivity contribution in [3.63, 3.8) is 0 Å². The van der Waals surface area contributed by atoms with E-state index >= 15 is 0 Å². The van der Waals surface area contributed by atoms with Gasteiger partial charge in [0, 0.05) is 12.6 Å². The predicted octanol–water partition coefficient (Wildman–Crippen LogP) is 3.49. The summed E-state index contributed by atoms with van der Waals surface area (Å²) in [5.41, 5.74) is 2.87. The molecule has 0 aliphatic rings. The average Bonchev–Trinajstić information content (AvgIpc) is 2.33. The largest absolute Gasteiger partial charge is 0.309 e. The second-order valence-electron chi connectivity index (χ2n) is 6.11. The van der Waals surface area contributed by atoms with Gasteiger partial charge in [-0.1, -0.05) is 45.0 Å². The lowest BCUT2D eigenvalue weighted by molar-refractivity contribution is 0.342. The third-order valence-electron chi connectivity index (χ3n) is 3.19. The zero-order valence-corrected chi connectivity index (χ0v) is 13.2. The van der Waals surface area contributed by atoms with Crippen LogP contribution in [0.1, 0.15) is 44.4 Å². The van der Waals surface area contributed by atoms with Crippen LogP contribution in [0, 0.1) is 5.92 Å². The van der Waals surface area contributed by atoms with Crippen molar-refractivity contribution in [3.05, 3.63) is 35.4 Å². The maximum Gasteiger partial charge on any atom is 0.0449 e. The van der Waals surface area contributed by atoms with Gasteiger partial charge in [0.05, 0.1) is 0 Å². The van der Waals surface area contributed by atoms with Gasteiger partial charge in [0.2, 0.25) is 0 Å². The monoisotopic (exact) mass is 262 g/mol. The minimum atomic E-state index is 0.432. The highest BCUT2D eigenvalue weighted by molar-refractivity contribution is 5.26. The van der Waals surface area contributed by atoms with Crippen molar-refractivity contribution < 1.29 is 0 Å². The number of nitrogens with one attached hydrogen (secondary N) is 1.